The summed E-state index contributed by atoms with van der Waals surface area (Å²) in [6, 6.07) is 3.28. The Hall–Kier alpha value is -0.790. The number of alkyl halides is 3. The van der Waals surface area contributed by atoms with Crippen molar-refractivity contribution in [3.05, 3.63) is 28.2 Å². The Morgan fingerprint density at radius 2 is 2.11 bits per heavy atom. The fourth-order valence-electron chi connectivity index (χ4n) is 1.31. The molecular formula is C11H13BrF3NO2. The van der Waals surface area contributed by atoms with Crippen LogP contribution in [0.4, 0.5) is 18.9 Å². The zero-order valence-electron chi connectivity index (χ0n) is 9.59. The molecular weight excluding hydrogens is 315 g/mol. The maximum absolute atomic E-state index is 12.4. The summed E-state index contributed by atoms with van der Waals surface area (Å²) in [5.74, 6) is 0. The van der Waals surface area contributed by atoms with Crippen molar-refractivity contribution in [2.75, 3.05) is 25.6 Å². The molecule has 0 saturated heterocycles. The van der Waals surface area contributed by atoms with Crippen molar-refractivity contribution in [3.63, 3.8) is 0 Å². The molecule has 2 N–H and O–H groups in total. The van der Waals surface area contributed by atoms with E-state index >= 15 is 0 Å². The molecule has 0 aliphatic rings. The highest BCUT2D eigenvalue weighted by molar-refractivity contribution is 9.10. The van der Waals surface area contributed by atoms with Crippen LogP contribution in [0.15, 0.2) is 22.7 Å². The molecule has 0 fully saturated rings. The quantitative estimate of drug-likeness (QED) is 0.873. The number of hydrogen-bond donors (Lipinski definition) is 2. The van der Waals surface area contributed by atoms with Crippen LogP contribution in [0.2, 0.25) is 0 Å². The molecule has 18 heavy (non-hydrogen) atoms. The molecule has 1 atom stereocenters. The minimum absolute atomic E-state index is 0.158. The molecule has 7 heteroatoms. The van der Waals surface area contributed by atoms with Gasteiger partial charge >= 0.3 is 6.18 Å². The third-order valence-electron chi connectivity index (χ3n) is 2.18. The highest BCUT2D eigenvalue weighted by atomic mass is 79.9. The van der Waals surface area contributed by atoms with Gasteiger partial charge in [-0.3, -0.25) is 0 Å². The molecule has 1 aromatic rings. The number of halogens is 4. The predicted octanol–water partition coefficient (Wildman–Crippen LogP) is 2.89. The van der Waals surface area contributed by atoms with Crippen LogP contribution in [0.25, 0.3) is 0 Å². The predicted molar refractivity (Wildman–Crippen MR) is 65.5 cm³/mol. The first-order chi connectivity index (χ1) is 8.34. The Balaban J connectivity index is 2.69. The molecule has 0 saturated carbocycles. The van der Waals surface area contributed by atoms with E-state index in [2.05, 4.69) is 21.2 Å². The van der Waals surface area contributed by atoms with Crippen LogP contribution < -0.4 is 5.32 Å². The molecule has 0 aromatic heterocycles. The van der Waals surface area contributed by atoms with E-state index in [1.54, 1.807) is 0 Å². The zero-order valence-corrected chi connectivity index (χ0v) is 11.2. The minimum Gasteiger partial charge on any atom is -0.389 e. The average molecular weight is 328 g/mol. The van der Waals surface area contributed by atoms with Gasteiger partial charge in [-0.25, -0.2) is 0 Å². The average Bonchev–Trinajstić information content (AvgIpc) is 2.26. The van der Waals surface area contributed by atoms with Crippen LogP contribution in [0.5, 0.6) is 0 Å². The van der Waals surface area contributed by atoms with Gasteiger partial charge in [0.25, 0.3) is 0 Å². The smallest absolute Gasteiger partial charge is 0.389 e. The van der Waals surface area contributed by atoms with Crippen LogP contribution in [-0.2, 0) is 10.9 Å². The standard InChI is InChI=1S/C11H13BrF3NO2/c1-18-6-8(17)5-16-10-3-2-7(4-9(10)12)11(13,14)15/h2-4,8,16-17H,5-6H2,1H3. The van der Waals surface area contributed by atoms with Crippen molar-refractivity contribution in [2.24, 2.45) is 0 Å². The van der Waals surface area contributed by atoms with E-state index in [0.717, 1.165) is 12.1 Å². The molecule has 0 radical (unpaired) electrons. The maximum Gasteiger partial charge on any atom is 0.416 e. The second-order valence-electron chi connectivity index (χ2n) is 3.68. The number of hydrogen-bond acceptors (Lipinski definition) is 3. The monoisotopic (exact) mass is 327 g/mol. The van der Waals surface area contributed by atoms with E-state index < -0.39 is 17.8 Å². The molecule has 1 aromatic carbocycles. The number of benzene rings is 1. The molecule has 0 amide bonds. The van der Waals surface area contributed by atoms with E-state index in [4.69, 9.17) is 4.74 Å². The van der Waals surface area contributed by atoms with Gasteiger partial charge in [-0.2, -0.15) is 13.2 Å². The second kappa shape index (κ2) is 6.40. The van der Waals surface area contributed by atoms with Crippen LogP contribution in [0.3, 0.4) is 0 Å². The van der Waals surface area contributed by atoms with Crippen molar-refractivity contribution >= 4 is 21.6 Å². The van der Waals surface area contributed by atoms with E-state index in [-0.39, 0.29) is 13.2 Å². The normalized spacial score (nSPS) is 13.4. The molecule has 3 nitrogen and oxygen atoms in total. The molecule has 1 unspecified atom stereocenters. The molecule has 0 heterocycles. The van der Waals surface area contributed by atoms with Crippen molar-refractivity contribution in [3.8, 4) is 0 Å². The third-order valence-corrected chi connectivity index (χ3v) is 2.84. The summed E-state index contributed by atoms with van der Waals surface area (Å²) in [5, 5.41) is 12.2. The number of nitrogens with one attached hydrogen (secondary N) is 1. The highest BCUT2D eigenvalue weighted by Crippen LogP contribution is 2.33. The zero-order chi connectivity index (χ0) is 13.8. The van der Waals surface area contributed by atoms with E-state index in [1.165, 1.54) is 13.2 Å². The Kier molecular flexibility index (Phi) is 5.43. The van der Waals surface area contributed by atoms with Gasteiger partial charge in [-0.15, -0.1) is 0 Å². The van der Waals surface area contributed by atoms with Gasteiger partial charge < -0.3 is 15.2 Å². The van der Waals surface area contributed by atoms with Crippen LogP contribution in [0.1, 0.15) is 5.56 Å². The lowest BCUT2D eigenvalue weighted by Gasteiger charge is -2.14. The largest absolute Gasteiger partial charge is 0.416 e. The summed E-state index contributed by atoms with van der Waals surface area (Å²) in [6.07, 6.45) is -5.08. The third kappa shape index (κ3) is 4.47. The Morgan fingerprint density at radius 1 is 1.44 bits per heavy atom. The first-order valence-corrected chi connectivity index (χ1v) is 5.91. The SMILES string of the molecule is COCC(O)CNc1ccc(C(F)(F)F)cc1Br. The van der Waals surface area contributed by atoms with E-state index in [0.29, 0.717) is 10.2 Å². The van der Waals surface area contributed by atoms with Gasteiger partial charge in [0.05, 0.1) is 18.3 Å². The van der Waals surface area contributed by atoms with Gasteiger partial charge in [0, 0.05) is 23.8 Å². The van der Waals surface area contributed by atoms with Crippen molar-refractivity contribution in [1.82, 2.24) is 0 Å². The maximum atomic E-state index is 12.4. The van der Waals surface area contributed by atoms with Gasteiger partial charge in [-0.05, 0) is 34.1 Å². The Labute approximate surface area is 111 Å². The van der Waals surface area contributed by atoms with Crippen molar-refractivity contribution in [2.45, 2.75) is 12.3 Å². The second-order valence-corrected chi connectivity index (χ2v) is 4.54. The number of methoxy groups -OCH3 is 1. The van der Waals surface area contributed by atoms with Gasteiger partial charge in [-0.1, -0.05) is 0 Å². The molecule has 102 valence electrons. The topological polar surface area (TPSA) is 41.5 Å². The Bertz CT molecular complexity index is 398. The summed E-state index contributed by atoms with van der Waals surface area (Å²) < 4.78 is 42.3. The number of anilines is 1. The van der Waals surface area contributed by atoms with Gasteiger partial charge in [0.15, 0.2) is 0 Å². The lowest BCUT2D eigenvalue weighted by atomic mass is 10.2. The van der Waals surface area contributed by atoms with E-state index in [1.807, 2.05) is 0 Å². The van der Waals surface area contributed by atoms with Crippen molar-refractivity contribution in [1.29, 1.82) is 0 Å². The lowest BCUT2D eigenvalue weighted by Crippen LogP contribution is -2.24. The summed E-state index contributed by atoms with van der Waals surface area (Å²) in [7, 11) is 1.46. The summed E-state index contributed by atoms with van der Waals surface area (Å²) in [5.41, 5.74) is -0.240. The first-order valence-electron chi connectivity index (χ1n) is 5.12. The number of rotatable bonds is 5. The minimum atomic E-state index is -4.36. The molecule has 1 rings (SSSR count). The van der Waals surface area contributed by atoms with Crippen LogP contribution in [-0.4, -0.2) is 31.5 Å². The summed E-state index contributed by atoms with van der Waals surface area (Å²) in [4.78, 5) is 0. The molecule has 0 bridgehead atoms. The summed E-state index contributed by atoms with van der Waals surface area (Å²) >= 11 is 3.05. The molecule has 0 aliphatic carbocycles. The lowest BCUT2D eigenvalue weighted by molar-refractivity contribution is -0.137. The van der Waals surface area contributed by atoms with E-state index in [9.17, 15) is 18.3 Å². The molecule has 0 aliphatic heterocycles. The Morgan fingerprint density at radius 3 is 2.61 bits per heavy atom. The highest BCUT2D eigenvalue weighted by Gasteiger charge is 2.30. The summed E-state index contributed by atoms with van der Waals surface area (Å²) in [6.45, 7) is 0.350. The fourth-order valence-corrected chi connectivity index (χ4v) is 1.83. The van der Waals surface area contributed by atoms with Crippen molar-refractivity contribution < 1.29 is 23.0 Å². The fraction of sp³-hybridized carbons (Fsp3) is 0.455. The van der Waals surface area contributed by atoms with Gasteiger partial charge in [0.1, 0.15) is 0 Å². The number of ether oxygens (including phenoxy) is 1. The number of aliphatic hydroxyl groups is 1. The number of aliphatic hydroxyl groups excluding tert-OH is 1. The molecule has 0 spiro atoms. The first kappa shape index (κ1) is 15.3. The van der Waals surface area contributed by atoms with Crippen LogP contribution >= 0.6 is 15.9 Å². The van der Waals surface area contributed by atoms with Gasteiger partial charge in [0.2, 0.25) is 0 Å². The van der Waals surface area contributed by atoms with Crippen LogP contribution in [0, 0.1) is 0 Å².